The second kappa shape index (κ2) is 6.85. The largest absolute Gasteiger partial charge is 0.460 e. The van der Waals surface area contributed by atoms with E-state index in [1.165, 1.54) is 12.1 Å². The lowest BCUT2D eigenvalue weighted by Gasteiger charge is -2.24. The first-order valence-corrected chi connectivity index (χ1v) is 8.96. The summed E-state index contributed by atoms with van der Waals surface area (Å²) in [5, 5.41) is 10.8. The summed E-state index contributed by atoms with van der Waals surface area (Å²) in [6, 6.07) is 8.24. The van der Waals surface area contributed by atoms with Crippen LogP contribution >= 0.6 is 0 Å². The summed E-state index contributed by atoms with van der Waals surface area (Å²) in [5.74, 6) is 1.03. The standard InChI is InChI=1S/C20H19F3N4O2/c1-10-7-8-14(29-10)17-15-16(25-19(24)26-17)13(27(2)18(15)28)9-11-5-3-4-6-12(11)20(21,22)23/h3-8,13,18,28H,9H2,1-2H3,(H2,24,25,26). The van der Waals surface area contributed by atoms with Crippen LogP contribution in [0.25, 0.3) is 11.5 Å². The predicted octanol–water partition coefficient (Wildman–Crippen LogP) is 3.87. The van der Waals surface area contributed by atoms with Gasteiger partial charge in [0, 0.05) is 5.56 Å². The van der Waals surface area contributed by atoms with E-state index >= 15 is 0 Å². The number of aromatic nitrogens is 2. The Morgan fingerprint density at radius 2 is 1.90 bits per heavy atom. The average Bonchev–Trinajstić information content (AvgIpc) is 3.18. The Labute approximate surface area is 164 Å². The van der Waals surface area contributed by atoms with Gasteiger partial charge in [0.25, 0.3) is 0 Å². The molecule has 0 saturated carbocycles. The van der Waals surface area contributed by atoms with Crippen molar-refractivity contribution in [3.63, 3.8) is 0 Å². The molecule has 0 saturated heterocycles. The number of benzene rings is 1. The number of nitrogens with zero attached hydrogens (tertiary/aromatic N) is 3. The van der Waals surface area contributed by atoms with E-state index < -0.39 is 24.0 Å². The molecule has 3 N–H and O–H groups in total. The third-order valence-electron chi connectivity index (χ3n) is 5.15. The number of halogens is 3. The lowest BCUT2D eigenvalue weighted by Crippen LogP contribution is -2.24. The summed E-state index contributed by atoms with van der Waals surface area (Å²) < 4.78 is 45.9. The summed E-state index contributed by atoms with van der Waals surface area (Å²) in [6.45, 7) is 1.77. The molecule has 4 rings (SSSR count). The van der Waals surface area contributed by atoms with Gasteiger partial charge in [-0.3, -0.25) is 4.90 Å². The van der Waals surface area contributed by atoms with Crippen molar-refractivity contribution >= 4 is 5.95 Å². The number of nitrogens with two attached hydrogens (primary N) is 1. The van der Waals surface area contributed by atoms with Crippen molar-refractivity contribution in [1.82, 2.24) is 14.9 Å². The predicted molar refractivity (Wildman–Crippen MR) is 99.5 cm³/mol. The molecule has 1 aromatic carbocycles. The van der Waals surface area contributed by atoms with Crippen molar-refractivity contribution in [3.05, 3.63) is 64.5 Å². The van der Waals surface area contributed by atoms with Gasteiger partial charge in [0.05, 0.1) is 17.3 Å². The van der Waals surface area contributed by atoms with Crippen LogP contribution < -0.4 is 5.73 Å². The van der Waals surface area contributed by atoms with Crippen LogP contribution in [-0.2, 0) is 12.6 Å². The fourth-order valence-corrected chi connectivity index (χ4v) is 3.75. The lowest BCUT2D eigenvalue weighted by molar-refractivity contribution is -0.138. The Bertz CT molecular complexity index is 1060. The van der Waals surface area contributed by atoms with Gasteiger partial charge in [-0.1, -0.05) is 18.2 Å². The maximum atomic E-state index is 13.4. The summed E-state index contributed by atoms with van der Waals surface area (Å²) in [4.78, 5) is 10.0. The van der Waals surface area contributed by atoms with Gasteiger partial charge in [-0.2, -0.15) is 13.2 Å². The van der Waals surface area contributed by atoms with Crippen LogP contribution in [0, 0.1) is 6.92 Å². The van der Waals surface area contributed by atoms with Gasteiger partial charge < -0.3 is 15.3 Å². The molecule has 0 radical (unpaired) electrons. The Balaban J connectivity index is 1.81. The van der Waals surface area contributed by atoms with Crippen molar-refractivity contribution in [2.75, 3.05) is 12.8 Å². The molecular formula is C20H19F3N4O2. The Hall–Kier alpha value is -2.91. The van der Waals surface area contributed by atoms with Gasteiger partial charge in [0.2, 0.25) is 5.95 Å². The van der Waals surface area contributed by atoms with Crippen LogP contribution in [0.5, 0.6) is 0 Å². The number of hydrogen-bond donors (Lipinski definition) is 2. The number of furan rings is 1. The molecule has 6 nitrogen and oxygen atoms in total. The van der Waals surface area contributed by atoms with Gasteiger partial charge in [0.15, 0.2) is 5.76 Å². The van der Waals surface area contributed by atoms with Crippen LogP contribution in [-0.4, -0.2) is 27.0 Å². The van der Waals surface area contributed by atoms with Crippen molar-refractivity contribution in [2.45, 2.75) is 31.8 Å². The molecular weight excluding hydrogens is 385 g/mol. The van der Waals surface area contributed by atoms with E-state index in [-0.39, 0.29) is 17.9 Å². The zero-order valence-electron chi connectivity index (χ0n) is 15.7. The van der Waals surface area contributed by atoms with Crippen molar-refractivity contribution in [1.29, 1.82) is 0 Å². The quantitative estimate of drug-likeness (QED) is 0.689. The molecule has 0 fully saturated rings. The minimum atomic E-state index is -4.48. The summed E-state index contributed by atoms with van der Waals surface area (Å²) in [7, 11) is 1.63. The van der Waals surface area contributed by atoms with E-state index in [1.807, 2.05) is 0 Å². The van der Waals surface area contributed by atoms with Gasteiger partial charge in [-0.05, 0) is 44.2 Å². The van der Waals surface area contributed by atoms with Crippen molar-refractivity contribution in [3.8, 4) is 11.5 Å². The molecule has 152 valence electrons. The smallest absolute Gasteiger partial charge is 0.416 e. The number of aryl methyl sites for hydroxylation is 1. The van der Waals surface area contributed by atoms with E-state index in [4.69, 9.17) is 10.2 Å². The Morgan fingerprint density at radius 1 is 1.17 bits per heavy atom. The molecule has 1 aliphatic rings. The third-order valence-corrected chi connectivity index (χ3v) is 5.15. The highest BCUT2D eigenvalue weighted by molar-refractivity contribution is 5.62. The number of fused-ring (bicyclic) bond motifs is 1. The maximum absolute atomic E-state index is 13.4. The molecule has 2 aromatic heterocycles. The molecule has 0 amide bonds. The SMILES string of the molecule is Cc1ccc(-c2nc(N)nc3c2C(O)N(C)C3Cc2ccccc2C(F)(F)F)o1. The number of hydrogen-bond acceptors (Lipinski definition) is 6. The van der Waals surface area contributed by atoms with Gasteiger partial charge in [-0.15, -0.1) is 0 Å². The molecule has 3 aromatic rings. The molecule has 9 heteroatoms. The molecule has 29 heavy (non-hydrogen) atoms. The minimum absolute atomic E-state index is 0.00329. The summed E-state index contributed by atoms with van der Waals surface area (Å²) in [6.07, 6.45) is -5.57. The van der Waals surface area contributed by atoms with Crippen LogP contribution in [0.1, 0.15) is 40.4 Å². The van der Waals surface area contributed by atoms with E-state index in [9.17, 15) is 18.3 Å². The average molecular weight is 404 g/mol. The zero-order chi connectivity index (χ0) is 20.9. The summed E-state index contributed by atoms with van der Waals surface area (Å²) in [5.41, 5.74) is 6.41. The fraction of sp³-hybridized carbons (Fsp3) is 0.300. The number of nitrogen functional groups attached to an aromatic ring is 1. The molecule has 2 atom stereocenters. The molecule has 0 aliphatic carbocycles. The first-order chi connectivity index (χ1) is 13.7. The molecule has 3 heterocycles. The van der Waals surface area contributed by atoms with E-state index in [2.05, 4.69) is 9.97 Å². The topological polar surface area (TPSA) is 88.4 Å². The third kappa shape index (κ3) is 3.36. The normalized spacial score (nSPS) is 19.5. The minimum Gasteiger partial charge on any atom is -0.460 e. The van der Waals surface area contributed by atoms with Crippen LogP contribution in [0.15, 0.2) is 40.8 Å². The second-order valence-electron chi connectivity index (χ2n) is 7.05. The Kier molecular flexibility index (Phi) is 4.59. The highest BCUT2D eigenvalue weighted by Crippen LogP contribution is 2.45. The lowest BCUT2D eigenvalue weighted by atomic mass is 9.97. The monoisotopic (exact) mass is 404 g/mol. The number of alkyl halides is 3. The van der Waals surface area contributed by atoms with E-state index in [1.54, 1.807) is 37.1 Å². The van der Waals surface area contributed by atoms with E-state index in [0.717, 1.165) is 6.07 Å². The first kappa shape index (κ1) is 19.4. The van der Waals surface area contributed by atoms with Crippen molar-refractivity contribution < 1.29 is 22.7 Å². The van der Waals surface area contributed by atoms with Crippen LogP contribution in [0.4, 0.5) is 19.1 Å². The fourth-order valence-electron chi connectivity index (χ4n) is 3.75. The molecule has 0 spiro atoms. The number of rotatable bonds is 3. The van der Waals surface area contributed by atoms with Gasteiger partial charge in [-0.25, -0.2) is 9.97 Å². The highest BCUT2D eigenvalue weighted by atomic mass is 19.4. The van der Waals surface area contributed by atoms with Gasteiger partial charge >= 0.3 is 6.18 Å². The highest BCUT2D eigenvalue weighted by Gasteiger charge is 2.41. The number of aliphatic hydroxyl groups excluding tert-OH is 1. The first-order valence-electron chi connectivity index (χ1n) is 8.96. The molecule has 1 aliphatic heterocycles. The molecule has 0 bridgehead atoms. The van der Waals surface area contributed by atoms with Crippen LogP contribution in [0.3, 0.4) is 0 Å². The number of likely N-dealkylation sites (N-methyl/N-ethyl adjacent to an activating group) is 1. The van der Waals surface area contributed by atoms with Crippen LogP contribution in [0.2, 0.25) is 0 Å². The van der Waals surface area contributed by atoms with E-state index in [0.29, 0.717) is 28.5 Å². The maximum Gasteiger partial charge on any atom is 0.416 e. The number of aliphatic hydroxyl groups is 1. The zero-order valence-corrected chi connectivity index (χ0v) is 15.7. The summed E-state index contributed by atoms with van der Waals surface area (Å²) >= 11 is 0. The second-order valence-corrected chi connectivity index (χ2v) is 7.05. The van der Waals surface area contributed by atoms with Gasteiger partial charge in [0.1, 0.15) is 17.7 Å². The molecule has 2 unspecified atom stereocenters. The Morgan fingerprint density at radius 3 is 2.55 bits per heavy atom. The number of anilines is 1. The van der Waals surface area contributed by atoms with Crippen molar-refractivity contribution in [2.24, 2.45) is 0 Å².